The van der Waals surface area contributed by atoms with Crippen LogP contribution < -0.4 is 11.1 Å². The van der Waals surface area contributed by atoms with Gasteiger partial charge in [0.2, 0.25) is 5.91 Å². The summed E-state index contributed by atoms with van der Waals surface area (Å²) in [5.41, 5.74) is 7.12. The molecule has 3 N–H and O–H groups in total. The Morgan fingerprint density at radius 3 is 2.32 bits per heavy atom. The quantitative estimate of drug-likeness (QED) is 0.860. The van der Waals surface area contributed by atoms with Gasteiger partial charge >= 0.3 is 0 Å². The predicted molar refractivity (Wildman–Crippen MR) is 94.1 cm³/mol. The van der Waals surface area contributed by atoms with Crippen molar-refractivity contribution in [1.29, 1.82) is 0 Å². The fraction of sp³-hybridized carbons (Fsp3) is 0.611. The van der Waals surface area contributed by atoms with Gasteiger partial charge < -0.3 is 11.1 Å². The van der Waals surface area contributed by atoms with E-state index in [-0.39, 0.29) is 24.4 Å². The largest absolute Gasteiger partial charge is 0.356 e. The molecule has 0 heterocycles. The molecule has 0 saturated heterocycles. The predicted octanol–water partition coefficient (Wildman–Crippen LogP) is 3.98. The molecule has 3 nitrogen and oxygen atoms in total. The molecule has 0 aliphatic heterocycles. The van der Waals surface area contributed by atoms with Gasteiger partial charge in [0.15, 0.2) is 0 Å². The van der Waals surface area contributed by atoms with Crippen LogP contribution in [0.2, 0.25) is 0 Å². The van der Waals surface area contributed by atoms with E-state index < -0.39 is 0 Å². The van der Waals surface area contributed by atoms with Crippen LogP contribution in [0.1, 0.15) is 63.0 Å². The van der Waals surface area contributed by atoms with E-state index in [2.05, 4.69) is 5.32 Å². The van der Waals surface area contributed by atoms with Crippen LogP contribution in [0.15, 0.2) is 30.3 Å². The summed E-state index contributed by atoms with van der Waals surface area (Å²) >= 11 is 0. The first-order chi connectivity index (χ1) is 10.3. The molecule has 1 aromatic carbocycles. The molecular weight excluding hydrogens is 296 g/mol. The van der Waals surface area contributed by atoms with Crippen LogP contribution in [-0.4, -0.2) is 12.5 Å². The molecule has 1 atom stereocenters. The van der Waals surface area contributed by atoms with Crippen LogP contribution in [-0.2, 0) is 4.79 Å². The third-order valence-corrected chi connectivity index (χ3v) is 4.45. The second kappa shape index (κ2) is 10.6. The van der Waals surface area contributed by atoms with Crippen molar-refractivity contribution in [2.75, 3.05) is 6.54 Å². The lowest BCUT2D eigenvalue weighted by atomic mass is 9.91. The zero-order valence-corrected chi connectivity index (χ0v) is 14.1. The smallest absolute Gasteiger partial charge is 0.221 e. The van der Waals surface area contributed by atoms with Crippen molar-refractivity contribution < 1.29 is 4.79 Å². The zero-order valence-electron chi connectivity index (χ0n) is 13.3. The molecule has 124 valence electrons. The molecule has 0 aromatic heterocycles. The van der Waals surface area contributed by atoms with Gasteiger partial charge in [-0.15, -0.1) is 12.4 Å². The molecule has 0 radical (unpaired) electrons. The van der Waals surface area contributed by atoms with Gasteiger partial charge in [-0.1, -0.05) is 62.4 Å². The maximum absolute atomic E-state index is 12.0. The second-order valence-electron chi connectivity index (χ2n) is 6.24. The van der Waals surface area contributed by atoms with Crippen LogP contribution >= 0.6 is 12.4 Å². The summed E-state index contributed by atoms with van der Waals surface area (Å²) in [7, 11) is 0. The number of amides is 1. The average Bonchev–Trinajstić information content (AvgIpc) is 2.47. The van der Waals surface area contributed by atoms with Gasteiger partial charge in [-0.05, 0) is 24.3 Å². The normalized spacial score (nSPS) is 17.7. The van der Waals surface area contributed by atoms with E-state index in [1.54, 1.807) is 0 Å². The summed E-state index contributed by atoms with van der Waals surface area (Å²) in [6, 6.07) is 9.64. The summed E-state index contributed by atoms with van der Waals surface area (Å²) in [5.74, 6) is 0.732. The van der Waals surface area contributed by atoms with E-state index in [0.717, 1.165) is 12.1 Å². The van der Waals surface area contributed by atoms with E-state index in [4.69, 9.17) is 5.73 Å². The van der Waals surface area contributed by atoms with Gasteiger partial charge in [0.05, 0.1) is 0 Å². The maximum Gasteiger partial charge on any atom is 0.221 e. The third kappa shape index (κ3) is 6.80. The fourth-order valence-corrected chi connectivity index (χ4v) is 3.09. The van der Waals surface area contributed by atoms with Crippen molar-refractivity contribution in [1.82, 2.24) is 5.32 Å². The summed E-state index contributed by atoms with van der Waals surface area (Å²) in [6.07, 6.45) is 9.58. The van der Waals surface area contributed by atoms with Crippen molar-refractivity contribution in [2.45, 2.75) is 57.4 Å². The molecule has 1 aliphatic rings. The van der Waals surface area contributed by atoms with Crippen molar-refractivity contribution >= 4 is 18.3 Å². The molecule has 2 rings (SSSR count). The Bertz CT molecular complexity index is 416. The molecule has 1 unspecified atom stereocenters. The number of hydrogen-bond acceptors (Lipinski definition) is 2. The Hall–Kier alpha value is -1.06. The average molecular weight is 325 g/mol. The molecule has 4 heteroatoms. The number of nitrogens with two attached hydrogens (primary N) is 1. The third-order valence-electron chi connectivity index (χ3n) is 4.45. The van der Waals surface area contributed by atoms with Gasteiger partial charge in [0.25, 0.3) is 0 Å². The molecule has 1 aromatic rings. The first kappa shape index (κ1) is 19.0. The van der Waals surface area contributed by atoms with Gasteiger partial charge in [0, 0.05) is 19.0 Å². The zero-order chi connectivity index (χ0) is 14.9. The highest BCUT2D eigenvalue weighted by Crippen LogP contribution is 2.21. The van der Waals surface area contributed by atoms with Gasteiger partial charge in [-0.25, -0.2) is 0 Å². The highest BCUT2D eigenvalue weighted by molar-refractivity contribution is 5.85. The van der Waals surface area contributed by atoms with Gasteiger partial charge in [0.1, 0.15) is 0 Å². The van der Waals surface area contributed by atoms with Crippen molar-refractivity contribution in [3.05, 3.63) is 35.9 Å². The number of rotatable bonds is 5. The molecule has 1 fully saturated rings. The molecule has 0 bridgehead atoms. The number of halogens is 1. The monoisotopic (exact) mass is 324 g/mol. The lowest BCUT2D eigenvalue weighted by Crippen LogP contribution is -2.32. The highest BCUT2D eigenvalue weighted by Gasteiger charge is 2.15. The number of hydrogen-bond donors (Lipinski definition) is 2. The van der Waals surface area contributed by atoms with E-state index in [0.29, 0.717) is 12.3 Å². The topological polar surface area (TPSA) is 55.1 Å². The molecular formula is C18H29ClN2O. The number of carbonyl (C=O) groups excluding carboxylic acids is 1. The SMILES string of the molecule is Cl.NC(CC(=O)NCC1CCCCCCC1)c1ccccc1. The molecule has 22 heavy (non-hydrogen) atoms. The van der Waals surface area contributed by atoms with E-state index in [1.807, 2.05) is 30.3 Å². The standard InChI is InChI=1S/C18H28N2O.ClH/c19-17(16-11-7-4-8-12-16)13-18(21)20-14-15-9-5-2-1-3-6-10-15;/h4,7-8,11-12,15,17H,1-3,5-6,9-10,13-14,19H2,(H,20,21);1H. The Morgan fingerprint density at radius 2 is 1.68 bits per heavy atom. The summed E-state index contributed by atoms with van der Waals surface area (Å²) in [6.45, 7) is 0.820. The second-order valence-corrected chi connectivity index (χ2v) is 6.24. The summed E-state index contributed by atoms with van der Waals surface area (Å²) in [5, 5.41) is 3.08. The van der Waals surface area contributed by atoms with Gasteiger partial charge in [-0.3, -0.25) is 4.79 Å². The Kier molecular flexibility index (Phi) is 9.17. The van der Waals surface area contributed by atoms with Crippen LogP contribution in [0.3, 0.4) is 0 Å². The number of nitrogens with one attached hydrogen (secondary N) is 1. The van der Waals surface area contributed by atoms with E-state index in [9.17, 15) is 4.79 Å². The van der Waals surface area contributed by atoms with Crippen LogP contribution in [0, 0.1) is 5.92 Å². The molecule has 1 saturated carbocycles. The first-order valence-electron chi connectivity index (χ1n) is 8.33. The Balaban J connectivity index is 0.00000242. The fourth-order valence-electron chi connectivity index (χ4n) is 3.09. The molecule has 1 amide bonds. The lowest BCUT2D eigenvalue weighted by molar-refractivity contribution is -0.121. The van der Waals surface area contributed by atoms with E-state index in [1.165, 1.54) is 44.9 Å². The van der Waals surface area contributed by atoms with Crippen LogP contribution in [0.4, 0.5) is 0 Å². The minimum atomic E-state index is -0.205. The van der Waals surface area contributed by atoms with Crippen LogP contribution in [0.5, 0.6) is 0 Å². The minimum absolute atomic E-state index is 0. The first-order valence-corrected chi connectivity index (χ1v) is 8.33. The van der Waals surface area contributed by atoms with Crippen LogP contribution in [0.25, 0.3) is 0 Å². The number of carbonyl (C=O) groups is 1. The maximum atomic E-state index is 12.0. The number of benzene rings is 1. The molecule has 0 spiro atoms. The highest BCUT2D eigenvalue weighted by atomic mass is 35.5. The van der Waals surface area contributed by atoms with Crippen molar-refractivity contribution in [3.63, 3.8) is 0 Å². The Morgan fingerprint density at radius 1 is 1.09 bits per heavy atom. The lowest BCUT2D eigenvalue weighted by Gasteiger charge is -2.20. The van der Waals surface area contributed by atoms with Gasteiger partial charge in [-0.2, -0.15) is 0 Å². The summed E-state index contributed by atoms with van der Waals surface area (Å²) in [4.78, 5) is 12.0. The van der Waals surface area contributed by atoms with Crippen molar-refractivity contribution in [2.24, 2.45) is 11.7 Å². The summed E-state index contributed by atoms with van der Waals surface area (Å²) < 4.78 is 0. The van der Waals surface area contributed by atoms with Crippen molar-refractivity contribution in [3.8, 4) is 0 Å². The minimum Gasteiger partial charge on any atom is -0.356 e. The Labute approximate surface area is 140 Å². The van der Waals surface area contributed by atoms with E-state index >= 15 is 0 Å². The molecule has 1 aliphatic carbocycles.